The van der Waals surface area contributed by atoms with Gasteiger partial charge in [-0.3, -0.25) is 15.1 Å². The maximum Gasteiger partial charge on any atom is 0.241 e. The smallest absolute Gasteiger partial charge is 0.241 e. The van der Waals surface area contributed by atoms with Crippen LogP contribution in [0.25, 0.3) is 0 Å². The zero-order valence-corrected chi connectivity index (χ0v) is 16.5. The second kappa shape index (κ2) is 7.77. The number of amidine groups is 2. The number of nitrogens with zero attached hydrogens (tertiary/aromatic N) is 3. The van der Waals surface area contributed by atoms with Crippen LogP contribution >= 0.6 is 27.5 Å². The number of hydrogen-bond donors (Lipinski definition) is 4. The van der Waals surface area contributed by atoms with Crippen LogP contribution in [0.5, 0.6) is 0 Å². The number of aliphatic imine (C=N–C) groups is 2. The van der Waals surface area contributed by atoms with E-state index in [2.05, 4.69) is 43.4 Å². The lowest BCUT2D eigenvalue weighted by atomic mass is 9.91. The maximum absolute atomic E-state index is 12.5. The van der Waals surface area contributed by atoms with Crippen LogP contribution in [0.4, 0.5) is 0 Å². The van der Waals surface area contributed by atoms with Crippen LogP contribution in [-0.4, -0.2) is 70.2 Å². The molecule has 3 rings (SSSR count). The SMILES string of the molecule is CCN1C(CNC(=O)C2NC(Cl)C(N)=NC2N)=NC2CCC(Br)CC21. The topological polar surface area (TPSA) is 121 Å². The van der Waals surface area contributed by atoms with Gasteiger partial charge in [0.15, 0.2) is 0 Å². The van der Waals surface area contributed by atoms with Gasteiger partial charge >= 0.3 is 0 Å². The van der Waals surface area contributed by atoms with Crippen molar-refractivity contribution in [2.75, 3.05) is 13.1 Å². The first-order valence-electron chi connectivity index (χ1n) is 8.64. The highest BCUT2D eigenvalue weighted by Gasteiger charge is 2.39. The molecule has 1 fully saturated rings. The molecule has 0 aromatic carbocycles. The molecule has 6 N–H and O–H groups in total. The number of carbonyl (C=O) groups excluding carboxylic acids is 1. The van der Waals surface area contributed by atoms with Crippen LogP contribution < -0.4 is 22.1 Å². The summed E-state index contributed by atoms with van der Waals surface area (Å²) in [6, 6.07) is 0.0372. The lowest BCUT2D eigenvalue weighted by molar-refractivity contribution is -0.123. The Labute approximate surface area is 160 Å². The molecule has 0 saturated heterocycles. The molecule has 0 spiro atoms. The van der Waals surface area contributed by atoms with Crippen molar-refractivity contribution in [2.45, 2.75) is 60.8 Å². The van der Waals surface area contributed by atoms with Crippen LogP contribution in [0.2, 0.25) is 0 Å². The number of amides is 1. The summed E-state index contributed by atoms with van der Waals surface area (Å²) >= 11 is 9.73. The molecule has 6 atom stereocenters. The van der Waals surface area contributed by atoms with Crippen molar-refractivity contribution in [1.29, 1.82) is 0 Å². The molecule has 2 aliphatic heterocycles. The Hall–Kier alpha value is -0.900. The van der Waals surface area contributed by atoms with E-state index in [4.69, 9.17) is 28.1 Å². The van der Waals surface area contributed by atoms with Crippen molar-refractivity contribution in [1.82, 2.24) is 15.5 Å². The van der Waals surface area contributed by atoms with E-state index in [0.717, 1.165) is 31.6 Å². The highest BCUT2D eigenvalue weighted by molar-refractivity contribution is 9.09. The lowest BCUT2D eigenvalue weighted by Gasteiger charge is -2.34. The fourth-order valence-electron chi connectivity index (χ4n) is 3.75. The van der Waals surface area contributed by atoms with Gasteiger partial charge in [-0.1, -0.05) is 27.5 Å². The van der Waals surface area contributed by atoms with Gasteiger partial charge < -0.3 is 21.7 Å². The molecular formula is C15H25BrClN7O. The molecule has 0 aromatic heterocycles. The van der Waals surface area contributed by atoms with E-state index in [1.54, 1.807) is 0 Å². The van der Waals surface area contributed by atoms with Crippen LogP contribution in [0.15, 0.2) is 9.98 Å². The molecule has 2 heterocycles. The van der Waals surface area contributed by atoms with Crippen molar-refractivity contribution in [3.05, 3.63) is 0 Å². The summed E-state index contributed by atoms with van der Waals surface area (Å²) in [7, 11) is 0. The fourth-order valence-corrected chi connectivity index (χ4v) is 4.59. The third-order valence-corrected chi connectivity index (χ3v) is 6.21. The Balaban J connectivity index is 1.60. The van der Waals surface area contributed by atoms with Gasteiger partial charge in [-0.05, 0) is 26.2 Å². The van der Waals surface area contributed by atoms with E-state index >= 15 is 0 Å². The van der Waals surface area contributed by atoms with Gasteiger partial charge in [-0.15, -0.1) is 0 Å². The Morgan fingerprint density at radius 2 is 2.24 bits per heavy atom. The van der Waals surface area contributed by atoms with Gasteiger partial charge in [0.25, 0.3) is 0 Å². The van der Waals surface area contributed by atoms with E-state index < -0.39 is 17.7 Å². The zero-order chi connectivity index (χ0) is 18.1. The minimum Gasteiger partial charge on any atom is -0.385 e. The van der Waals surface area contributed by atoms with Crippen molar-refractivity contribution in [2.24, 2.45) is 21.5 Å². The lowest BCUT2D eigenvalue weighted by Crippen LogP contribution is -2.62. The number of alkyl halides is 2. The molecule has 10 heteroatoms. The third-order valence-electron chi connectivity index (χ3n) is 5.03. The molecular weight excluding hydrogens is 410 g/mol. The summed E-state index contributed by atoms with van der Waals surface area (Å²) in [6.07, 6.45) is 2.54. The van der Waals surface area contributed by atoms with Crippen LogP contribution in [-0.2, 0) is 4.79 Å². The third kappa shape index (κ3) is 3.94. The van der Waals surface area contributed by atoms with Crippen molar-refractivity contribution < 1.29 is 4.79 Å². The van der Waals surface area contributed by atoms with Crippen LogP contribution in [0, 0.1) is 0 Å². The molecule has 0 aromatic rings. The van der Waals surface area contributed by atoms with E-state index in [1.807, 2.05) is 0 Å². The molecule has 1 amide bonds. The number of hydrogen-bond acceptors (Lipinski definition) is 7. The second-order valence-electron chi connectivity index (χ2n) is 6.65. The minimum atomic E-state index is -0.750. The summed E-state index contributed by atoms with van der Waals surface area (Å²) in [5.74, 6) is 0.882. The Morgan fingerprint density at radius 1 is 1.48 bits per heavy atom. The predicted octanol–water partition coefficient (Wildman–Crippen LogP) is -0.300. The summed E-state index contributed by atoms with van der Waals surface area (Å²) < 4.78 is 0. The molecule has 1 aliphatic carbocycles. The van der Waals surface area contributed by atoms with Crippen molar-refractivity contribution in [3.63, 3.8) is 0 Å². The predicted molar refractivity (Wildman–Crippen MR) is 103 cm³/mol. The Morgan fingerprint density at radius 3 is 2.96 bits per heavy atom. The Bertz CT molecular complexity index is 586. The molecule has 3 aliphatic rings. The standard InChI is InChI=1S/C15H25BrClN7O/c1-2-24-9-5-7(16)3-4-8(9)21-10(24)6-20-15(25)11-13(18)23-14(19)12(17)22-11/h7-9,11-13,22H,2-6,18H2,1H3,(H2,19,23)(H,20,25). The van der Waals surface area contributed by atoms with E-state index in [1.165, 1.54) is 0 Å². The summed E-state index contributed by atoms with van der Waals surface area (Å²) in [4.78, 5) is 24.2. The van der Waals surface area contributed by atoms with Gasteiger partial charge in [0.1, 0.15) is 29.4 Å². The molecule has 1 saturated carbocycles. The number of nitrogens with two attached hydrogens (primary N) is 2. The average molecular weight is 435 g/mol. The first kappa shape index (κ1) is 18.9. The first-order chi connectivity index (χ1) is 11.9. The van der Waals surface area contributed by atoms with Crippen molar-refractivity contribution in [3.8, 4) is 0 Å². The monoisotopic (exact) mass is 433 g/mol. The molecule has 25 heavy (non-hydrogen) atoms. The van der Waals surface area contributed by atoms with Crippen LogP contribution in [0.1, 0.15) is 26.2 Å². The highest BCUT2D eigenvalue weighted by atomic mass is 79.9. The Kier molecular flexibility index (Phi) is 5.87. The summed E-state index contributed by atoms with van der Waals surface area (Å²) in [5, 5.41) is 5.80. The largest absolute Gasteiger partial charge is 0.385 e. The van der Waals surface area contributed by atoms with Gasteiger partial charge in [0.2, 0.25) is 5.91 Å². The fraction of sp³-hybridized carbons (Fsp3) is 0.800. The van der Waals surface area contributed by atoms with Gasteiger partial charge in [-0.25, -0.2) is 4.99 Å². The quantitative estimate of drug-likeness (QED) is 0.357. The number of carbonyl (C=O) groups is 1. The normalized spacial score (nSPS) is 38.0. The molecule has 0 bridgehead atoms. The number of fused-ring (bicyclic) bond motifs is 1. The minimum absolute atomic E-state index is 0.198. The van der Waals surface area contributed by atoms with Gasteiger partial charge in [-0.2, -0.15) is 0 Å². The van der Waals surface area contributed by atoms with Gasteiger partial charge in [0.05, 0.1) is 18.6 Å². The molecule has 140 valence electrons. The number of likely N-dealkylation sites (N-methyl/N-ethyl adjacent to an activating group) is 1. The van der Waals surface area contributed by atoms with Crippen molar-refractivity contribution >= 4 is 45.1 Å². The summed E-state index contributed by atoms with van der Waals surface area (Å²) in [5.41, 5.74) is 10.8. The van der Waals surface area contributed by atoms with E-state index in [0.29, 0.717) is 23.5 Å². The maximum atomic E-state index is 12.5. The average Bonchev–Trinajstić information content (AvgIpc) is 2.92. The highest BCUT2D eigenvalue weighted by Crippen LogP contribution is 2.33. The number of halogens is 2. The number of rotatable bonds is 4. The number of nitrogens with one attached hydrogen (secondary N) is 2. The molecule has 0 radical (unpaired) electrons. The second-order valence-corrected chi connectivity index (χ2v) is 8.38. The van der Waals surface area contributed by atoms with E-state index in [-0.39, 0.29) is 11.7 Å². The van der Waals surface area contributed by atoms with Crippen LogP contribution in [0.3, 0.4) is 0 Å². The van der Waals surface area contributed by atoms with Gasteiger partial charge in [0, 0.05) is 11.4 Å². The molecule has 6 unspecified atom stereocenters. The van der Waals surface area contributed by atoms with E-state index in [9.17, 15) is 4.79 Å². The summed E-state index contributed by atoms with van der Waals surface area (Å²) in [6.45, 7) is 3.37. The zero-order valence-electron chi connectivity index (χ0n) is 14.2. The first-order valence-corrected chi connectivity index (χ1v) is 9.99. The molecule has 8 nitrogen and oxygen atoms in total.